The molecule has 0 N–H and O–H groups in total. The van der Waals surface area contributed by atoms with Crippen LogP contribution in [0.2, 0.25) is 0 Å². The first-order valence-corrected chi connectivity index (χ1v) is 8.89. The minimum Gasteiger partial charge on any atom is -0.423 e. The molecule has 0 aliphatic heterocycles. The van der Waals surface area contributed by atoms with Gasteiger partial charge in [0.2, 0.25) is 10.0 Å². The van der Waals surface area contributed by atoms with Crippen molar-refractivity contribution in [1.82, 2.24) is 13.9 Å². The van der Waals surface area contributed by atoms with Crippen LogP contribution in [0.5, 0.6) is 5.75 Å². The molecule has 0 saturated carbocycles. The predicted octanol–water partition coefficient (Wildman–Crippen LogP) is 2.04. The number of sulfonamides is 1. The highest BCUT2D eigenvalue weighted by Crippen LogP contribution is 2.21. The lowest BCUT2D eigenvalue weighted by molar-refractivity contribution is 0.0735. The predicted molar refractivity (Wildman–Crippen MR) is 93.0 cm³/mol. The second-order valence-corrected chi connectivity index (χ2v) is 7.86. The number of rotatable bonds is 4. The minimum atomic E-state index is -3.53. The Hall–Kier alpha value is -2.71. The highest BCUT2D eigenvalue weighted by atomic mass is 32.2. The third-order valence-electron chi connectivity index (χ3n) is 3.78. The van der Waals surface area contributed by atoms with E-state index in [0.717, 1.165) is 15.3 Å². The van der Waals surface area contributed by atoms with Crippen molar-refractivity contribution in [3.63, 3.8) is 0 Å². The zero-order valence-corrected chi connectivity index (χ0v) is 14.8. The Labute approximate surface area is 145 Å². The third kappa shape index (κ3) is 3.26. The summed E-state index contributed by atoms with van der Waals surface area (Å²) in [5.74, 6) is -0.190. The van der Waals surface area contributed by atoms with Crippen LogP contribution in [0.25, 0.3) is 11.0 Å². The maximum absolute atomic E-state index is 12.2. The summed E-state index contributed by atoms with van der Waals surface area (Å²) in [4.78, 5) is 16.6. The van der Waals surface area contributed by atoms with Gasteiger partial charge in [-0.25, -0.2) is 22.5 Å². The summed E-state index contributed by atoms with van der Waals surface area (Å²) in [6, 6.07) is 10.8. The Kier molecular flexibility index (Phi) is 4.32. The Morgan fingerprint density at radius 2 is 1.80 bits per heavy atom. The van der Waals surface area contributed by atoms with Crippen LogP contribution in [0, 0.1) is 0 Å². The molecule has 0 spiro atoms. The van der Waals surface area contributed by atoms with Gasteiger partial charge in [-0.15, -0.1) is 0 Å². The van der Waals surface area contributed by atoms with Crippen LogP contribution >= 0.6 is 0 Å². The third-order valence-corrected chi connectivity index (χ3v) is 5.61. The van der Waals surface area contributed by atoms with Gasteiger partial charge >= 0.3 is 5.97 Å². The van der Waals surface area contributed by atoms with Crippen molar-refractivity contribution < 1.29 is 17.9 Å². The SMILES string of the molecule is CN(C)S(=O)(=O)c1ccc(C(=O)Oc2ccc3c(c2)ncn3C)cc1. The normalized spacial score (nSPS) is 11.8. The molecule has 0 unspecified atom stereocenters. The van der Waals surface area contributed by atoms with Crippen molar-refractivity contribution in [3.8, 4) is 5.75 Å². The first-order chi connectivity index (χ1) is 11.8. The van der Waals surface area contributed by atoms with Gasteiger partial charge in [-0.2, -0.15) is 0 Å². The fraction of sp³-hybridized carbons (Fsp3) is 0.176. The number of esters is 1. The number of carbonyl (C=O) groups excluding carboxylic acids is 1. The van der Waals surface area contributed by atoms with Crippen molar-refractivity contribution in [2.75, 3.05) is 14.1 Å². The summed E-state index contributed by atoms with van der Waals surface area (Å²) >= 11 is 0. The van der Waals surface area contributed by atoms with Gasteiger partial charge in [0.1, 0.15) is 5.75 Å². The van der Waals surface area contributed by atoms with Gasteiger partial charge in [0.25, 0.3) is 0 Å². The Balaban J connectivity index is 1.80. The van der Waals surface area contributed by atoms with E-state index in [9.17, 15) is 13.2 Å². The number of aromatic nitrogens is 2. The number of hydrogen-bond donors (Lipinski definition) is 0. The number of fused-ring (bicyclic) bond motifs is 1. The second kappa shape index (κ2) is 6.30. The smallest absolute Gasteiger partial charge is 0.343 e. The van der Waals surface area contributed by atoms with Crippen LogP contribution in [0.3, 0.4) is 0 Å². The maximum atomic E-state index is 12.2. The molecule has 7 nitrogen and oxygen atoms in total. The molecule has 2 aromatic carbocycles. The Morgan fingerprint density at radius 1 is 1.12 bits per heavy atom. The molecule has 3 rings (SSSR count). The van der Waals surface area contributed by atoms with Crippen LogP contribution in [0.4, 0.5) is 0 Å². The molecule has 0 atom stereocenters. The van der Waals surface area contributed by atoms with Gasteiger partial charge in [0.15, 0.2) is 0 Å². The standard InChI is InChI=1S/C17H17N3O4S/c1-19(2)25(22,23)14-7-4-12(5-8-14)17(21)24-13-6-9-16-15(10-13)18-11-20(16)3/h4-11H,1-3H3. The van der Waals surface area contributed by atoms with Gasteiger partial charge in [-0.1, -0.05) is 0 Å². The monoisotopic (exact) mass is 359 g/mol. The minimum absolute atomic E-state index is 0.115. The van der Waals surface area contributed by atoms with E-state index in [1.54, 1.807) is 18.5 Å². The highest BCUT2D eigenvalue weighted by Gasteiger charge is 2.18. The number of ether oxygens (including phenoxy) is 1. The van der Waals surface area contributed by atoms with Gasteiger partial charge < -0.3 is 9.30 Å². The Morgan fingerprint density at radius 3 is 2.44 bits per heavy atom. The number of imidazole rings is 1. The summed E-state index contributed by atoms with van der Waals surface area (Å²) in [7, 11) is 1.25. The van der Waals surface area contributed by atoms with Crippen molar-refractivity contribution in [2.24, 2.45) is 7.05 Å². The van der Waals surface area contributed by atoms with Gasteiger partial charge in [-0.3, -0.25) is 0 Å². The van der Waals surface area contributed by atoms with Crippen molar-refractivity contribution >= 4 is 27.0 Å². The van der Waals surface area contributed by atoms with E-state index < -0.39 is 16.0 Å². The molecule has 0 saturated heterocycles. The number of carbonyl (C=O) groups is 1. The van der Waals surface area contributed by atoms with E-state index in [1.165, 1.54) is 38.4 Å². The molecule has 0 aliphatic rings. The van der Waals surface area contributed by atoms with Crippen LogP contribution in [0.15, 0.2) is 53.7 Å². The van der Waals surface area contributed by atoms with Crippen LogP contribution in [0.1, 0.15) is 10.4 Å². The first-order valence-electron chi connectivity index (χ1n) is 7.45. The molecule has 3 aromatic rings. The fourth-order valence-electron chi connectivity index (χ4n) is 2.32. The van der Waals surface area contributed by atoms with Crippen LogP contribution in [-0.4, -0.2) is 42.3 Å². The topological polar surface area (TPSA) is 81.5 Å². The molecule has 8 heteroatoms. The number of nitrogens with zero attached hydrogens (tertiary/aromatic N) is 3. The molecule has 1 heterocycles. The molecule has 0 fully saturated rings. The summed E-state index contributed by atoms with van der Waals surface area (Å²) in [6.07, 6.45) is 1.68. The fourth-order valence-corrected chi connectivity index (χ4v) is 3.22. The Bertz CT molecular complexity index is 1040. The zero-order valence-electron chi connectivity index (χ0n) is 14.0. The number of benzene rings is 2. The van der Waals surface area contributed by atoms with Gasteiger partial charge in [0, 0.05) is 27.2 Å². The average molecular weight is 359 g/mol. The van der Waals surface area contributed by atoms with E-state index >= 15 is 0 Å². The maximum Gasteiger partial charge on any atom is 0.343 e. The molecule has 130 valence electrons. The summed E-state index contributed by atoms with van der Waals surface area (Å²) in [6.45, 7) is 0. The van der Waals surface area contributed by atoms with Crippen molar-refractivity contribution in [2.45, 2.75) is 4.90 Å². The molecule has 0 radical (unpaired) electrons. The molecule has 25 heavy (non-hydrogen) atoms. The number of aryl methyl sites for hydroxylation is 1. The largest absolute Gasteiger partial charge is 0.423 e. The zero-order chi connectivity index (χ0) is 18.2. The van der Waals surface area contributed by atoms with E-state index in [-0.39, 0.29) is 10.5 Å². The van der Waals surface area contributed by atoms with Gasteiger partial charge in [-0.05, 0) is 36.4 Å². The van der Waals surface area contributed by atoms with Crippen molar-refractivity contribution in [1.29, 1.82) is 0 Å². The molecular weight excluding hydrogens is 342 g/mol. The van der Waals surface area contributed by atoms with Crippen LogP contribution < -0.4 is 4.74 Å². The molecular formula is C17H17N3O4S. The molecule has 0 bridgehead atoms. The highest BCUT2D eigenvalue weighted by molar-refractivity contribution is 7.89. The van der Waals surface area contributed by atoms with Gasteiger partial charge in [0.05, 0.1) is 27.8 Å². The second-order valence-electron chi connectivity index (χ2n) is 5.71. The lowest BCUT2D eigenvalue weighted by Gasteiger charge is -2.11. The molecule has 1 aromatic heterocycles. The van der Waals surface area contributed by atoms with E-state index in [0.29, 0.717) is 5.75 Å². The lowest BCUT2D eigenvalue weighted by atomic mass is 10.2. The quantitative estimate of drug-likeness (QED) is 0.526. The summed E-state index contributed by atoms with van der Waals surface area (Å²) in [5, 5.41) is 0. The lowest BCUT2D eigenvalue weighted by Crippen LogP contribution is -2.22. The summed E-state index contributed by atoms with van der Waals surface area (Å²) < 4.78 is 32.4. The summed E-state index contributed by atoms with van der Waals surface area (Å²) in [5.41, 5.74) is 1.91. The average Bonchev–Trinajstić information content (AvgIpc) is 2.95. The molecule has 0 aliphatic carbocycles. The van der Waals surface area contributed by atoms with E-state index in [1.807, 2.05) is 17.7 Å². The van der Waals surface area contributed by atoms with E-state index in [2.05, 4.69) is 4.98 Å². The first kappa shape index (κ1) is 17.1. The number of hydrogen-bond acceptors (Lipinski definition) is 5. The molecule has 0 amide bonds. The van der Waals surface area contributed by atoms with Crippen molar-refractivity contribution in [3.05, 3.63) is 54.4 Å². The van der Waals surface area contributed by atoms with E-state index in [4.69, 9.17) is 4.74 Å². The van der Waals surface area contributed by atoms with Crippen LogP contribution in [-0.2, 0) is 17.1 Å².